The zero-order chi connectivity index (χ0) is 13.4. The Hall–Kier alpha value is -1.35. The quantitative estimate of drug-likeness (QED) is 0.755. The molecule has 0 aliphatic carbocycles. The summed E-state index contributed by atoms with van der Waals surface area (Å²) in [5.74, 6) is -0.147. The van der Waals surface area contributed by atoms with E-state index in [2.05, 4.69) is 43.4 Å². The Morgan fingerprint density at radius 2 is 1.94 bits per heavy atom. The molecule has 0 aromatic heterocycles. The van der Waals surface area contributed by atoms with Gasteiger partial charge in [0.25, 0.3) is 0 Å². The lowest BCUT2D eigenvalue weighted by atomic mass is 10.0. The molecule has 0 radical (unpaired) electrons. The van der Waals surface area contributed by atoms with Crippen molar-refractivity contribution in [3.63, 3.8) is 0 Å². The number of hydrogen-bond donors (Lipinski definition) is 1. The zero-order valence-corrected chi connectivity index (χ0v) is 11.5. The molecule has 1 aromatic carbocycles. The van der Waals surface area contributed by atoms with Crippen molar-refractivity contribution in [1.29, 1.82) is 0 Å². The predicted octanol–water partition coefficient (Wildman–Crippen LogP) is 2.99. The molecular formula is C15H23NO2. The number of benzene rings is 1. The number of rotatable bonds is 7. The van der Waals surface area contributed by atoms with Gasteiger partial charge in [0.1, 0.15) is 0 Å². The third-order valence-electron chi connectivity index (χ3n) is 2.80. The van der Waals surface area contributed by atoms with Crippen LogP contribution >= 0.6 is 0 Å². The van der Waals surface area contributed by atoms with Crippen LogP contribution in [0, 0.1) is 6.92 Å². The van der Waals surface area contributed by atoms with E-state index in [0.717, 1.165) is 18.5 Å². The molecule has 0 heterocycles. The molecule has 0 aliphatic rings. The first-order chi connectivity index (χ1) is 8.67. The first kappa shape index (κ1) is 14.7. The van der Waals surface area contributed by atoms with E-state index in [1.807, 2.05) is 6.92 Å². The minimum Gasteiger partial charge on any atom is -0.466 e. The van der Waals surface area contributed by atoms with Crippen LogP contribution in [-0.4, -0.2) is 19.1 Å². The monoisotopic (exact) mass is 249 g/mol. The Bertz CT molecular complexity index is 359. The maximum Gasteiger partial charge on any atom is 0.307 e. The molecule has 1 rings (SSSR count). The smallest absolute Gasteiger partial charge is 0.307 e. The Balaban J connectivity index is 2.70. The van der Waals surface area contributed by atoms with E-state index in [9.17, 15) is 4.79 Å². The molecule has 0 spiro atoms. The summed E-state index contributed by atoms with van der Waals surface area (Å²) in [4.78, 5) is 11.6. The minimum atomic E-state index is -0.147. The van der Waals surface area contributed by atoms with Crippen LogP contribution in [0.25, 0.3) is 0 Å². The summed E-state index contributed by atoms with van der Waals surface area (Å²) in [5, 5.41) is 3.39. The van der Waals surface area contributed by atoms with Gasteiger partial charge in [-0.25, -0.2) is 0 Å². The van der Waals surface area contributed by atoms with E-state index < -0.39 is 0 Å². The Kier molecular flexibility index (Phi) is 6.44. The standard InChI is InChI=1S/C15H23NO2/c1-4-10-16-14(11-15(17)18-5-2)13-8-6-12(3)7-9-13/h6-9,14,16H,4-5,10-11H2,1-3H3. The van der Waals surface area contributed by atoms with E-state index >= 15 is 0 Å². The molecule has 1 atom stereocenters. The lowest BCUT2D eigenvalue weighted by molar-refractivity contribution is -0.143. The number of carbonyl (C=O) groups is 1. The van der Waals surface area contributed by atoms with Gasteiger partial charge in [0.05, 0.1) is 13.0 Å². The second kappa shape index (κ2) is 7.88. The molecule has 3 heteroatoms. The topological polar surface area (TPSA) is 38.3 Å². The maximum atomic E-state index is 11.6. The molecule has 1 aromatic rings. The highest BCUT2D eigenvalue weighted by atomic mass is 16.5. The van der Waals surface area contributed by atoms with Crippen LogP contribution in [0.15, 0.2) is 24.3 Å². The molecule has 0 saturated heterocycles. The van der Waals surface area contributed by atoms with Crippen molar-refractivity contribution < 1.29 is 9.53 Å². The molecule has 100 valence electrons. The van der Waals surface area contributed by atoms with Crippen molar-refractivity contribution >= 4 is 5.97 Å². The second-order valence-electron chi connectivity index (χ2n) is 4.43. The van der Waals surface area contributed by atoms with Gasteiger partial charge >= 0.3 is 5.97 Å². The molecule has 0 bridgehead atoms. The van der Waals surface area contributed by atoms with Crippen molar-refractivity contribution in [2.75, 3.05) is 13.2 Å². The van der Waals surface area contributed by atoms with Gasteiger partial charge in [-0.3, -0.25) is 4.79 Å². The van der Waals surface area contributed by atoms with Crippen molar-refractivity contribution in [1.82, 2.24) is 5.32 Å². The van der Waals surface area contributed by atoms with Crippen LogP contribution in [-0.2, 0) is 9.53 Å². The Morgan fingerprint density at radius 1 is 1.28 bits per heavy atom. The average Bonchev–Trinajstić information content (AvgIpc) is 2.36. The summed E-state index contributed by atoms with van der Waals surface area (Å²) in [6.45, 7) is 7.34. The molecule has 18 heavy (non-hydrogen) atoms. The first-order valence-electron chi connectivity index (χ1n) is 6.63. The van der Waals surface area contributed by atoms with E-state index in [1.54, 1.807) is 0 Å². The fraction of sp³-hybridized carbons (Fsp3) is 0.533. The van der Waals surface area contributed by atoms with E-state index in [1.165, 1.54) is 5.56 Å². The SMILES string of the molecule is CCCNC(CC(=O)OCC)c1ccc(C)cc1. The number of esters is 1. The number of ether oxygens (including phenoxy) is 1. The van der Waals surface area contributed by atoms with Crippen molar-refractivity contribution in [2.24, 2.45) is 0 Å². The van der Waals surface area contributed by atoms with Crippen LogP contribution in [0.4, 0.5) is 0 Å². The molecule has 0 saturated carbocycles. The Labute approximate surface area is 110 Å². The fourth-order valence-corrected chi connectivity index (χ4v) is 1.81. The van der Waals surface area contributed by atoms with Gasteiger partial charge < -0.3 is 10.1 Å². The highest BCUT2D eigenvalue weighted by Gasteiger charge is 2.15. The van der Waals surface area contributed by atoms with E-state index in [0.29, 0.717) is 13.0 Å². The van der Waals surface area contributed by atoms with Gasteiger partial charge in [-0.2, -0.15) is 0 Å². The van der Waals surface area contributed by atoms with Crippen LogP contribution in [0.2, 0.25) is 0 Å². The third kappa shape index (κ3) is 4.88. The van der Waals surface area contributed by atoms with Gasteiger partial charge in [0, 0.05) is 6.04 Å². The largest absolute Gasteiger partial charge is 0.466 e. The highest BCUT2D eigenvalue weighted by molar-refractivity contribution is 5.70. The molecule has 0 aliphatic heterocycles. The van der Waals surface area contributed by atoms with Crippen LogP contribution in [0.5, 0.6) is 0 Å². The van der Waals surface area contributed by atoms with E-state index in [4.69, 9.17) is 4.74 Å². The second-order valence-corrected chi connectivity index (χ2v) is 4.43. The fourth-order valence-electron chi connectivity index (χ4n) is 1.81. The molecule has 3 nitrogen and oxygen atoms in total. The molecule has 1 unspecified atom stereocenters. The van der Waals surface area contributed by atoms with Gasteiger partial charge in [0.15, 0.2) is 0 Å². The average molecular weight is 249 g/mol. The number of carbonyl (C=O) groups excluding carboxylic acids is 1. The minimum absolute atomic E-state index is 0.0459. The number of hydrogen-bond acceptors (Lipinski definition) is 3. The zero-order valence-electron chi connectivity index (χ0n) is 11.5. The van der Waals surface area contributed by atoms with Gasteiger partial charge in [-0.05, 0) is 32.4 Å². The summed E-state index contributed by atoms with van der Waals surface area (Å²) >= 11 is 0. The van der Waals surface area contributed by atoms with Crippen molar-refractivity contribution in [2.45, 2.75) is 39.7 Å². The number of aryl methyl sites for hydroxylation is 1. The third-order valence-corrected chi connectivity index (χ3v) is 2.80. The van der Waals surface area contributed by atoms with Gasteiger partial charge in [-0.1, -0.05) is 36.8 Å². The van der Waals surface area contributed by atoms with Crippen molar-refractivity contribution in [3.8, 4) is 0 Å². The summed E-state index contributed by atoms with van der Waals surface area (Å²) in [6, 6.07) is 8.33. The maximum absolute atomic E-state index is 11.6. The lowest BCUT2D eigenvalue weighted by Gasteiger charge is -2.18. The van der Waals surface area contributed by atoms with Gasteiger partial charge in [0.2, 0.25) is 0 Å². The normalized spacial score (nSPS) is 12.2. The summed E-state index contributed by atoms with van der Waals surface area (Å²) in [6.07, 6.45) is 1.43. The van der Waals surface area contributed by atoms with Crippen LogP contribution < -0.4 is 5.32 Å². The first-order valence-corrected chi connectivity index (χ1v) is 6.63. The molecule has 0 amide bonds. The summed E-state index contributed by atoms with van der Waals surface area (Å²) in [7, 11) is 0. The number of nitrogens with one attached hydrogen (secondary N) is 1. The summed E-state index contributed by atoms with van der Waals surface area (Å²) < 4.78 is 5.02. The molecule has 1 N–H and O–H groups in total. The Morgan fingerprint density at radius 3 is 2.50 bits per heavy atom. The van der Waals surface area contributed by atoms with Crippen LogP contribution in [0.3, 0.4) is 0 Å². The molecular weight excluding hydrogens is 226 g/mol. The summed E-state index contributed by atoms with van der Waals surface area (Å²) in [5.41, 5.74) is 2.37. The predicted molar refractivity (Wildman–Crippen MR) is 73.5 cm³/mol. The highest BCUT2D eigenvalue weighted by Crippen LogP contribution is 2.18. The lowest BCUT2D eigenvalue weighted by Crippen LogP contribution is -2.25. The van der Waals surface area contributed by atoms with Crippen LogP contribution in [0.1, 0.15) is 43.9 Å². The van der Waals surface area contributed by atoms with Gasteiger partial charge in [-0.15, -0.1) is 0 Å². The molecule has 0 fully saturated rings. The van der Waals surface area contributed by atoms with E-state index in [-0.39, 0.29) is 12.0 Å². The van der Waals surface area contributed by atoms with Crippen molar-refractivity contribution in [3.05, 3.63) is 35.4 Å².